The molecular weight excluding hydrogens is 296 g/mol. The average Bonchev–Trinajstić information content (AvgIpc) is 3.13. The highest BCUT2D eigenvalue weighted by Crippen LogP contribution is 2.41. The van der Waals surface area contributed by atoms with Crippen LogP contribution in [0.2, 0.25) is 0 Å². The third kappa shape index (κ3) is 2.80. The van der Waals surface area contributed by atoms with E-state index in [0.717, 1.165) is 30.0 Å². The highest BCUT2D eigenvalue weighted by molar-refractivity contribution is 5.80. The fourth-order valence-corrected chi connectivity index (χ4v) is 3.70. The van der Waals surface area contributed by atoms with Gasteiger partial charge < -0.3 is 19.2 Å². The Hall–Kier alpha value is -2.05. The summed E-state index contributed by atoms with van der Waals surface area (Å²) in [4.78, 5) is 29.9. The summed E-state index contributed by atoms with van der Waals surface area (Å²) in [6.07, 6.45) is 1.41. The van der Waals surface area contributed by atoms with Crippen molar-refractivity contribution in [2.75, 3.05) is 33.7 Å². The first-order valence-electron chi connectivity index (χ1n) is 7.97. The van der Waals surface area contributed by atoms with E-state index >= 15 is 0 Å². The van der Waals surface area contributed by atoms with Crippen LogP contribution in [0.15, 0.2) is 4.52 Å². The molecule has 2 aliphatic rings. The lowest BCUT2D eigenvalue weighted by atomic mass is 9.86. The third-order valence-corrected chi connectivity index (χ3v) is 5.03. The Morgan fingerprint density at radius 1 is 1.35 bits per heavy atom. The Morgan fingerprint density at radius 3 is 2.70 bits per heavy atom. The average molecular weight is 320 g/mol. The zero-order valence-corrected chi connectivity index (χ0v) is 14.3. The minimum absolute atomic E-state index is 0.0264. The van der Waals surface area contributed by atoms with Gasteiger partial charge in [0, 0.05) is 51.1 Å². The number of carbonyl (C=O) groups is 2. The maximum absolute atomic E-state index is 12.5. The summed E-state index contributed by atoms with van der Waals surface area (Å²) in [6, 6.07) is 0.0264. The van der Waals surface area contributed by atoms with E-state index in [9.17, 15) is 9.59 Å². The van der Waals surface area contributed by atoms with Gasteiger partial charge >= 0.3 is 6.03 Å². The number of carbonyl (C=O) groups excluding carboxylic acids is 2. The first-order valence-corrected chi connectivity index (χ1v) is 7.97. The van der Waals surface area contributed by atoms with Gasteiger partial charge in [-0.15, -0.1) is 0 Å². The molecule has 0 aromatic carbocycles. The normalized spacial score (nSPS) is 24.1. The summed E-state index contributed by atoms with van der Waals surface area (Å²) in [5, 5.41) is 3.96. The van der Waals surface area contributed by atoms with Crippen LogP contribution in [0.25, 0.3) is 0 Å². The summed E-state index contributed by atoms with van der Waals surface area (Å²) >= 11 is 0. The monoisotopic (exact) mass is 320 g/mol. The van der Waals surface area contributed by atoms with Crippen LogP contribution in [0.5, 0.6) is 0 Å². The van der Waals surface area contributed by atoms with Crippen LogP contribution in [-0.2, 0) is 11.3 Å². The molecule has 3 amide bonds. The molecule has 2 saturated heterocycles. The predicted molar refractivity (Wildman–Crippen MR) is 83.7 cm³/mol. The van der Waals surface area contributed by atoms with Crippen LogP contribution in [0.1, 0.15) is 29.9 Å². The van der Waals surface area contributed by atoms with Gasteiger partial charge in [-0.1, -0.05) is 5.16 Å². The van der Waals surface area contributed by atoms with Crippen LogP contribution < -0.4 is 0 Å². The van der Waals surface area contributed by atoms with Gasteiger partial charge in [-0.25, -0.2) is 4.79 Å². The predicted octanol–water partition coefficient (Wildman–Crippen LogP) is 1.40. The SMILES string of the molecule is Cc1noc(C)c1CN1C[C@@]2(CCN(C(=O)N(C)C)C2)CC1=O. The third-order valence-electron chi connectivity index (χ3n) is 5.03. The zero-order chi connectivity index (χ0) is 16.8. The summed E-state index contributed by atoms with van der Waals surface area (Å²) in [7, 11) is 3.52. The molecule has 2 aliphatic heterocycles. The van der Waals surface area contributed by atoms with Crippen LogP contribution in [0, 0.1) is 19.3 Å². The number of urea groups is 1. The summed E-state index contributed by atoms with van der Waals surface area (Å²) < 4.78 is 5.19. The first-order chi connectivity index (χ1) is 10.8. The van der Waals surface area contributed by atoms with E-state index in [-0.39, 0.29) is 17.4 Å². The molecule has 1 aromatic heterocycles. The second kappa shape index (κ2) is 5.54. The molecule has 0 radical (unpaired) electrons. The van der Waals surface area contributed by atoms with Gasteiger partial charge in [-0.3, -0.25) is 4.79 Å². The minimum Gasteiger partial charge on any atom is -0.361 e. The molecule has 7 nitrogen and oxygen atoms in total. The van der Waals surface area contributed by atoms with Gasteiger partial charge in [-0.05, 0) is 20.3 Å². The molecule has 0 bridgehead atoms. The smallest absolute Gasteiger partial charge is 0.319 e. The summed E-state index contributed by atoms with van der Waals surface area (Å²) in [5.41, 5.74) is 1.74. The van der Waals surface area contributed by atoms with Gasteiger partial charge in [0.05, 0.1) is 12.2 Å². The van der Waals surface area contributed by atoms with Crippen molar-refractivity contribution < 1.29 is 14.1 Å². The molecule has 0 N–H and O–H groups in total. The Bertz CT molecular complexity index is 620. The number of nitrogens with zero attached hydrogens (tertiary/aromatic N) is 4. The molecule has 0 unspecified atom stereocenters. The molecule has 7 heteroatoms. The van der Waals surface area contributed by atoms with Crippen molar-refractivity contribution in [2.45, 2.75) is 33.2 Å². The van der Waals surface area contributed by atoms with Gasteiger partial charge in [0.2, 0.25) is 5.91 Å². The number of hydrogen-bond acceptors (Lipinski definition) is 4. The van der Waals surface area contributed by atoms with Crippen LogP contribution in [-0.4, -0.2) is 65.5 Å². The molecule has 0 aliphatic carbocycles. The van der Waals surface area contributed by atoms with E-state index in [1.165, 1.54) is 0 Å². The lowest BCUT2D eigenvalue weighted by Gasteiger charge is -2.25. The number of amides is 3. The molecule has 0 saturated carbocycles. The molecule has 1 spiro atoms. The van der Waals surface area contributed by atoms with Crippen molar-refractivity contribution in [3.63, 3.8) is 0 Å². The standard InChI is InChI=1S/C16H24N4O3/c1-11-13(12(2)23-17-11)8-20-10-16(7-14(20)21)5-6-19(9-16)15(22)18(3)4/h5-10H2,1-4H3/t16-/m0/s1. The largest absolute Gasteiger partial charge is 0.361 e. The Labute approximate surface area is 136 Å². The Morgan fingerprint density at radius 2 is 2.09 bits per heavy atom. The molecule has 2 fully saturated rings. The number of likely N-dealkylation sites (tertiary alicyclic amines) is 2. The van der Waals surface area contributed by atoms with E-state index in [1.807, 2.05) is 23.6 Å². The van der Waals surface area contributed by atoms with Gasteiger partial charge in [0.25, 0.3) is 0 Å². The zero-order valence-electron chi connectivity index (χ0n) is 14.3. The van der Waals surface area contributed by atoms with Crippen molar-refractivity contribution in [2.24, 2.45) is 5.41 Å². The van der Waals surface area contributed by atoms with Crippen LogP contribution >= 0.6 is 0 Å². The van der Waals surface area contributed by atoms with Gasteiger partial charge in [-0.2, -0.15) is 0 Å². The minimum atomic E-state index is -0.0955. The molecule has 3 heterocycles. The van der Waals surface area contributed by atoms with E-state index in [2.05, 4.69) is 5.16 Å². The van der Waals surface area contributed by atoms with E-state index in [1.54, 1.807) is 19.0 Å². The summed E-state index contributed by atoms with van der Waals surface area (Å²) in [6.45, 7) is 6.40. The second-order valence-electron chi connectivity index (χ2n) is 7.08. The lowest BCUT2D eigenvalue weighted by Crippen LogP contribution is -2.39. The fourth-order valence-electron chi connectivity index (χ4n) is 3.70. The van der Waals surface area contributed by atoms with E-state index in [0.29, 0.717) is 26.1 Å². The van der Waals surface area contributed by atoms with Crippen molar-refractivity contribution in [1.82, 2.24) is 19.9 Å². The van der Waals surface area contributed by atoms with Crippen molar-refractivity contribution in [3.05, 3.63) is 17.0 Å². The highest BCUT2D eigenvalue weighted by Gasteiger charge is 2.48. The number of rotatable bonds is 2. The highest BCUT2D eigenvalue weighted by atomic mass is 16.5. The maximum atomic E-state index is 12.5. The number of hydrogen-bond donors (Lipinski definition) is 0. The number of aromatic nitrogens is 1. The number of aryl methyl sites for hydroxylation is 2. The Kier molecular flexibility index (Phi) is 3.82. The molecule has 1 aromatic rings. The second-order valence-corrected chi connectivity index (χ2v) is 7.08. The van der Waals surface area contributed by atoms with Crippen molar-refractivity contribution in [3.8, 4) is 0 Å². The van der Waals surface area contributed by atoms with Gasteiger partial charge in [0.15, 0.2) is 0 Å². The van der Waals surface area contributed by atoms with Crippen molar-refractivity contribution >= 4 is 11.9 Å². The molecular formula is C16H24N4O3. The molecule has 3 rings (SSSR count). The van der Waals surface area contributed by atoms with Crippen molar-refractivity contribution in [1.29, 1.82) is 0 Å². The van der Waals surface area contributed by atoms with E-state index < -0.39 is 0 Å². The Balaban J connectivity index is 1.70. The maximum Gasteiger partial charge on any atom is 0.319 e. The fraction of sp³-hybridized carbons (Fsp3) is 0.688. The molecule has 1 atom stereocenters. The lowest BCUT2D eigenvalue weighted by molar-refractivity contribution is -0.128. The van der Waals surface area contributed by atoms with Gasteiger partial charge in [0.1, 0.15) is 5.76 Å². The molecule has 23 heavy (non-hydrogen) atoms. The topological polar surface area (TPSA) is 69.9 Å². The molecule has 126 valence electrons. The quantitative estimate of drug-likeness (QED) is 0.826. The van der Waals surface area contributed by atoms with Crippen LogP contribution in [0.3, 0.4) is 0 Å². The first kappa shape index (κ1) is 15.8. The van der Waals surface area contributed by atoms with Crippen LogP contribution in [0.4, 0.5) is 4.79 Å². The summed E-state index contributed by atoms with van der Waals surface area (Å²) in [5.74, 6) is 0.927. The van der Waals surface area contributed by atoms with E-state index in [4.69, 9.17) is 4.52 Å².